The van der Waals surface area contributed by atoms with Crippen LogP contribution in [0.25, 0.3) is 0 Å². The Kier molecular flexibility index (Phi) is 10.3. The van der Waals surface area contributed by atoms with Crippen molar-refractivity contribution in [2.75, 3.05) is 65.3 Å². The van der Waals surface area contributed by atoms with E-state index in [2.05, 4.69) is 52.2 Å². The molecule has 0 spiro atoms. The molecule has 1 N–H and O–H groups in total. The second-order valence-electron chi connectivity index (χ2n) is 7.88. The van der Waals surface area contributed by atoms with Gasteiger partial charge in [-0.05, 0) is 31.5 Å². The van der Waals surface area contributed by atoms with Gasteiger partial charge in [-0.15, -0.1) is 24.0 Å². The summed E-state index contributed by atoms with van der Waals surface area (Å²) in [4.78, 5) is 9.24. The van der Waals surface area contributed by atoms with Crippen LogP contribution in [-0.2, 0) is 11.3 Å². The molecule has 2 heterocycles. The van der Waals surface area contributed by atoms with Crippen LogP contribution in [0.3, 0.4) is 0 Å². The van der Waals surface area contributed by atoms with Gasteiger partial charge in [-0.3, -0.25) is 9.89 Å². The van der Waals surface area contributed by atoms with Gasteiger partial charge in [-0.2, -0.15) is 11.8 Å². The molecule has 8 heteroatoms. The Labute approximate surface area is 196 Å². The standard InChI is InChI=1S/C21H34N4O2S.HI/c1-21(2)17-25(10-14-28-21)20(22-3)23-16-18-5-4-6-19(15-18)27-13-9-24-7-11-26-12-8-24;/h4-6,15H,7-14,16-17H2,1-3H3,(H,22,23);1H. The number of aliphatic imine (C=N–C) groups is 1. The maximum absolute atomic E-state index is 5.97. The third-order valence-corrected chi connectivity index (χ3v) is 6.36. The highest BCUT2D eigenvalue weighted by Gasteiger charge is 2.28. The summed E-state index contributed by atoms with van der Waals surface area (Å²) in [7, 11) is 1.86. The van der Waals surface area contributed by atoms with Gasteiger partial charge in [0.1, 0.15) is 12.4 Å². The van der Waals surface area contributed by atoms with E-state index in [4.69, 9.17) is 9.47 Å². The number of hydrogen-bond acceptors (Lipinski definition) is 5. The third-order valence-electron chi connectivity index (χ3n) is 5.07. The van der Waals surface area contributed by atoms with Gasteiger partial charge in [0.2, 0.25) is 0 Å². The van der Waals surface area contributed by atoms with E-state index < -0.39 is 0 Å². The van der Waals surface area contributed by atoms with Crippen molar-refractivity contribution in [1.82, 2.24) is 15.1 Å². The maximum Gasteiger partial charge on any atom is 0.193 e. The Bertz CT molecular complexity index is 653. The summed E-state index contributed by atoms with van der Waals surface area (Å²) in [5.74, 6) is 3.05. The van der Waals surface area contributed by atoms with Gasteiger partial charge < -0.3 is 19.7 Å². The fourth-order valence-corrected chi connectivity index (χ4v) is 4.68. The summed E-state index contributed by atoms with van der Waals surface area (Å²) in [6, 6.07) is 8.34. The summed E-state index contributed by atoms with van der Waals surface area (Å²) < 4.78 is 11.6. The van der Waals surface area contributed by atoms with E-state index in [9.17, 15) is 0 Å². The number of thioether (sulfide) groups is 1. The topological polar surface area (TPSA) is 49.3 Å². The molecule has 2 aliphatic rings. The van der Waals surface area contributed by atoms with E-state index in [1.54, 1.807) is 0 Å². The molecule has 29 heavy (non-hydrogen) atoms. The van der Waals surface area contributed by atoms with Gasteiger partial charge >= 0.3 is 0 Å². The number of hydrogen-bond donors (Lipinski definition) is 1. The molecule has 0 aliphatic carbocycles. The fourth-order valence-electron chi connectivity index (χ4n) is 3.57. The van der Waals surface area contributed by atoms with Crippen LogP contribution in [0.5, 0.6) is 5.75 Å². The minimum Gasteiger partial charge on any atom is -0.492 e. The molecular formula is C21H35IN4O2S. The highest BCUT2D eigenvalue weighted by atomic mass is 127. The summed E-state index contributed by atoms with van der Waals surface area (Å²) in [5, 5.41) is 3.52. The highest BCUT2D eigenvalue weighted by Crippen LogP contribution is 2.29. The minimum atomic E-state index is 0. The molecular weight excluding hydrogens is 499 g/mol. The molecule has 0 saturated carbocycles. The first kappa shape index (κ1) is 24.6. The zero-order chi connectivity index (χ0) is 19.8. The van der Waals surface area contributed by atoms with Crippen molar-refractivity contribution in [2.24, 2.45) is 4.99 Å². The largest absolute Gasteiger partial charge is 0.492 e. The molecule has 0 amide bonds. The van der Waals surface area contributed by atoms with Gasteiger partial charge in [0.25, 0.3) is 0 Å². The van der Waals surface area contributed by atoms with Crippen LogP contribution < -0.4 is 10.1 Å². The van der Waals surface area contributed by atoms with Crippen LogP contribution >= 0.6 is 35.7 Å². The van der Waals surface area contributed by atoms with Crippen molar-refractivity contribution in [3.05, 3.63) is 29.8 Å². The fraction of sp³-hybridized carbons (Fsp3) is 0.667. The minimum absolute atomic E-state index is 0. The normalized spacial score (nSPS) is 20.1. The van der Waals surface area contributed by atoms with Crippen LogP contribution in [0, 0.1) is 0 Å². The average Bonchev–Trinajstić information content (AvgIpc) is 2.69. The van der Waals surface area contributed by atoms with E-state index in [1.165, 1.54) is 5.56 Å². The number of halogens is 1. The molecule has 2 fully saturated rings. The number of rotatable bonds is 6. The van der Waals surface area contributed by atoms with Crippen LogP contribution in [-0.4, -0.2) is 85.9 Å². The molecule has 2 aliphatic heterocycles. The van der Waals surface area contributed by atoms with Crippen molar-refractivity contribution >= 4 is 41.7 Å². The lowest BCUT2D eigenvalue weighted by atomic mass is 10.2. The van der Waals surface area contributed by atoms with E-state index in [0.29, 0.717) is 6.61 Å². The van der Waals surface area contributed by atoms with E-state index in [1.807, 2.05) is 24.9 Å². The smallest absolute Gasteiger partial charge is 0.193 e. The molecule has 0 radical (unpaired) electrons. The van der Waals surface area contributed by atoms with Gasteiger partial charge in [-0.25, -0.2) is 0 Å². The second-order valence-corrected chi connectivity index (χ2v) is 9.68. The quantitative estimate of drug-likeness (QED) is 0.344. The Morgan fingerprint density at radius 1 is 1.28 bits per heavy atom. The van der Waals surface area contributed by atoms with E-state index >= 15 is 0 Å². The van der Waals surface area contributed by atoms with Crippen molar-refractivity contribution in [3.8, 4) is 5.75 Å². The van der Waals surface area contributed by atoms with Crippen LogP contribution in [0.15, 0.2) is 29.3 Å². The molecule has 1 aromatic carbocycles. The summed E-state index contributed by atoms with van der Waals surface area (Å²) in [5.41, 5.74) is 1.20. The molecule has 2 saturated heterocycles. The predicted molar refractivity (Wildman–Crippen MR) is 133 cm³/mol. The summed E-state index contributed by atoms with van der Waals surface area (Å²) >= 11 is 2.03. The van der Waals surface area contributed by atoms with Crippen LogP contribution in [0.4, 0.5) is 0 Å². The monoisotopic (exact) mass is 534 g/mol. The Morgan fingerprint density at radius 2 is 2.07 bits per heavy atom. The van der Waals surface area contributed by atoms with Crippen LogP contribution in [0.2, 0.25) is 0 Å². The first-order valence-electron chi connectivity index (χ1n) is 10.2. The maximum atomic E-state index is 5.97. The number of benzene rings is 1. The molecule has 164 valence electrons. The first-order chi connectivity index (χ1) is 13.6. The van der Waals surface area contributed by atoms with Gasteiger partial charge in [0.15, 0.2) is 5.96 Å². The molecule has 0 atom stereocenters. The van der Waals surface area contributed by atoms with E-state index in [-0.39, 0.29) is 28.7 Å². The Hall–Kier alpha value is -0.710. The summed E-state index contributed by atoms with van der Waals surface area (Å²) in [6.45, 7) is 12.7. The van der Waals surface area contributed by atoms with Crippen LogP contribution in [0.1, 0.15) is 19.4 Å². The number of guanidine groups is 1. The lowest BCUT2D eigenvalue weighted by Gasteiger charge is -2.39. The van der Waals surface area contributed by atoms with Crippen molar-refractivity contribution < 1.29 is 9.47 Å². The lowest BCUT2D eigenvalue weighted by Crippen LogP contribution is -2.50. The zero-order valence-electron chi connectivity index (χ0n) is 17.9. The second kappa shape index (κ2) is 12.2. The molecule has 6 nitrogen and oxygen atoms in total. The number of nitrogens with one attached hydrogen (secondary N) is 1. The van der Waals surface area contributed by atoms with Crippen molar-refractivity contribution in [1.29, 1.82) is 0 Å². The highest BCUT2D eigenvalue weighted by molar-refractivity contribution is 14.0. The van der Waals surface area contributed by atoms with Gasteiger partial charge in [0, 0.05) is 56.8 Å². The Morgan fingerprint density at radius 3 is 2.79 bits per heavy atom. The third kappa shape index (κ3) is 8.15. The SMILES string of the molecule is CN=C(NCc1cccc(OCCN2CCOCC2)c1)N1CCSC(C)(C)C1.I. The average molecular weight is 535 g/mol. The molecule has 0 bridgehead atoms. The van der Waals surface area contributed by atoms with Gasteiger partial charge in [0.05, 0.1) is 13.2 Å². The lowest BCUT2D eigenvalue weighted by molar-refractivity contribution is 0.0322. The van der Waals surface area contributed by atoms with E-state index in [0.717, 1.165) is 69.9 Å². The molecule has 1 aromatic rings. The number of nitrogens with zero attached hydrogens (tertiary/aromatic N) is 3. The van der Waals surface area contributed by atoms with Crippen molar-refractivity contribution in [2.45, 2.75) is 25.1 Å². The summed E-state index contributed by atoms with van der Waals surface area (Å²) in [6.07, 6.45) is 0. The molecule has 0 unspecified atom stereocenters. The molecule has 0 aromatic heterocycles. The molecule has 3 rings (SSSR count). The first-order valence-corrected chi connectivity index (χ1v) is 11.2. The Balaban J connectivity index is 0.00000300. The van der Waals surface area contributed by atoms with Gasteiger partial charge in [-0.1, -0.05) is 12.1 Å². The van der Waals surface area contributed by atoms with Crippen molar-refractivity contribution in [3.63, 3.8) is 0 Å². The zero-order valence-corrected chi connectivity index (χ0v) is 21.0. The number of ether oxygens (including phenoxy) is 2. The number of morpholine rings is 1. The predicted octanol–water partition coefficient (Wildman–Crippen LogP) is 2.92.